The Kier molecular flexibility index (Phi) is 3.31. The Hall–Kier alpha value is -1.99. The van der Waals surface area contributed by atoms with Crippen molar-refractivity contribution >= 4 is 16.3 Å². The second-order valence-corrected chi connectivity index (χ2v) is 7.81. The maximum absolute atomic E-state index is 12.0. The molecule has 1 saturated carbocycles. The largest absolute Gasteiger partial charge is 0.297 e. The lowest BCUT2D eigenvalue weighted by Gasteiger charge is -2.38. The number of imidazole rings is 1. The van der Waals surface area contributed by atoms with E-state index in [0.717, 1.165) is 42.5 Å². The van der Waals surface area contributed by atoms with E-state index in [9.17, 15) is 4.79 Å². The van der Waals surface area contributed by atoms with E-state index in [2.05, 4.69) is 25.6 Å². The first-order valence-corrected chi connectivity index (χ1v) is 9.34. The Bertz CT molecular complexity index is 903. The van der Waals surface area contributed by atoms with Gasteiger partial charge in [-0.2, -0.15) is 5.10 Å². The van der Waals surface area contributed by atoms with E-state index in [1.165, 1.54) is 12.8 Å². The first kappa shape index (κ1) is 14.4. The van der Waals surface area contributed by atoms with Crippen LogP contribution in [0.15, 0.2) is 34.7 Å². The van der Waals surface area contributed by atoms with Crippen LogP contribution in [0.3, 0.4) is 0 Å². The van der Waals surface area contributed by atoms with E-state index >= 15 is 0 Å². The normalized spacial score (nSPS) is 19.0. The summed E-state index contributed by atoms with van der Waals surface area (Å²) in [6.07, 6.45) is 6.57. The van der Waals surface area contributed by atoms with Gasteiger partial charge in [0.15, 0.2) is 4.96 Å². The molecule has 0 bridgehead atoms. The summed E-state index contributed by atoms with van der Waals surface area (Å²) in [5.41, 5.74) is 2.22. The smallest absolute Gasteiger partial charge is 0.266 e. The van der Waals surface area contributed by atoms with Crippen molar-refractivity contribution in [1.29, 1.82) is 0 Å². The highest BCUT2D eigenvalue weighted by molar-refractivity contribution is 7.15. The fraction of sp³-hybridized carbons (Fsp3) is 0.471. The van der Waals surface area contributed by atoms with Gasteiger partial charge in [-0.05, 0) is 18.9 Å². The topological polar surface area (TPSA) is 55.4 Å². The van der Waals surface area contributed by atoms with Crippen LogP contribution in [0.1, 0.15) is 30.1 Å². The minimum Gasteiger partial charge on any atom is -0.297 e. The van der Waals surface area contributed by atoms with Gasteiger partial charge in [-0.1, -0.05) is 0 Å². The second-order valence-electron chi connectivity index (χ2n) is 6.94. The lowest BCUT2D eigenvalue weighted by Crippen LogP contribution is -2.49. The summed E-state index contributed by atoms with van der Waals surface area (Å²) in [4.78, 5) is 20.1. The number of rotatable bonds is 5. The fourth-order valence-electron chi connectivity index (χ4n) is 3.44. The van der Waals surface area contributed by atoms with Gasteiger partial charge < -0.3 is 0 Å². The minimum absolute atomic E-state index is 0.0205. The summed E-state index contributed by atoms with van der Waals surface area (Å²) in [5.74, 6) is 1.10. The highest BCUT2D eigenvalue weighted by Crippen LogP contribution is 2.38. The quantitative estimate of drug-likeness (QED) is 0.712. The summed E-state index contributed by atoms with van der Waals surface area (Å²) in [5, 5.41) is 6.61. The molecule has 124 valence electrons. The first-order chi connectivity index (χ1) is 11.7. The number of fused-ring (bicyclic) bond motifs is 1. The highest BCUT2D eigenvalue weighted by atomic mass is 32.1. The third-order valence-corrected chi connectivity index (χ3v) is 5.65. The van der Waals surface area contributed by atoms with Crippen molar-refractivity contribution in [1.82, 2.24) is 24.1 Å². The van der Waals surface area contributed by atoms with Crippen LogP contribution in [-0.4, -0.2) is 37.2 Å². The lowest BCUT2D eigenvalue weighted by molar-refractivity contribution is 0.0754. The van der Waals surface area contributed by atoms with Crippen LogP contribution in [0.2, 0.25) is 0 Å². The van der Waals surface area contributed by atoms with Gasteiger partial charge in [-0.15, -0.1) is 11.3 Å². The van der Waals surface area contributed by atoms with Gasteiger partial charge in [-0.3, -0.25) is 14.1 Å². The summed E-state index contributed by atoms with van der Waals surface area (Å²) in [6, 6.07) is 3.57. The molecular formula is C17H19N5OS. The fourth-order valence-corrected chi connectivity index (χ4v) is 4.16. The van der Waals surface area contributed by atoms with Crippen LogP contribution in [0.5, 0.6) is 0 Å². The highest BCUT2D eigenvalue weighted by Gasteiger charge is 2.29. The molecule has 0 aromatic carbocycles. The molecule has 7 heteroatoms. The number of hydrogen-bond acceptors (Lipinski definition) is 5. The maximum Gasteiger partial charge on any atom is 0.266 e. The molecule has 0 amide bonds. The average molecular weight is 341 g/mol. The van der Waals surface area contributed by atoms with E-state index in [1.54, 1.807) is 22.1 Å². The number of hydrogen-bond donors (Lipinski definition) is 0. The predicted octanol–water partition coefficient (Wildman–Crippen LogP) is 1.96. The molecule has 0 radical (unpaired) electrons. The van der Waals surface area contributed by atoms with Gasteiger partial charge in [-0.25, -0.2) is 9.67 Å². The van der Waals surface area contributed by atoms with Crippen molar-refractivity contribution < 1.29 is 0 Å². The number of likely N-dealkylation sites (tertiary alicyclic amines) is 1. The molecule has 0 atom stereocenters. The Balaban J connectivity index is 1.20. The summed E-state index contributed by atoms with van der Waals surface area (Å²) >= 11 is 1.66. The third kappa shape index (κ3) is 2.67. The van der Waals surface area contributed by atoms with Crippen molar-refractivity contribution in [3.63, 3.8) is 0 Å². The van der Waals surface area contributed by atoms with Crippen molar-refractivity contribution in [2.45, 2.75) is 31.8 Å². The number of thiazole rings is 1. The minimum atomic E-state index is 0.0205. The standard InChI is InChI=1S/C17H19N5OS/c23-16-4-3-15(13-1-2-13)19-22(16)9-12-7-20(8-12)10-14-11-21-5-6-24-17(21)18-14/h3-6,11-13H,1-2,7-10H2. The summed E-state index contributed by atoms with van der Waals surface area (Å²) in [6.45, 7) is 3.63. The molecule has 1 aliphatic heterocycles. The lowest BCUT2D eigenvalue weighted by atomic mass is 10.00. The first-order valence-electron chi connectivity index (χ1n) is 8.46. The summed E-state index contributed by atoms with van der Waals surface area (Å²) < 4.78 is 3.74. The van der Waals surface area contributed by atoms with Gasteiger partial charge in [0.2, 0.25) is 0 Å². The van der Waals surface area contributed by atoms with E-state index in [1.807, 2.05) is 17.6 Å². The molecule has 0 unspecified atom stereocenters. The van der Waals surface area contributed by atoms with Gasteiger partial charge in [0.1, 0.15) is 0 Å². The Morgan fingerprint density at radius 3 is 2.92 bits per heavy atom. The van der Waals surface area contributed by atoms with E-state index in [-0.39, 0.29) is 5.56 Å². The average Bonchev–Trinajstić information content (AvgIpc) is 3.17. The van der Waals surface area contributed by atoms with Crippen LogP contribution in [0.25, 0.3) is 4.96 Å². The molecule has 0 N–H and O–H groups in total. The van der Waals surface area contributed by atoms with Crippen LogP contribution in [-0.2, 0) is 13.1 Å². The molecule has 1 aliphatic carbocycles. The molecule has 3 aromatic rings. The monoisotopic (exact) mass is 341 g/mol. The van der Waals surface area contributed by atoms with Crippen molar-refractivity contribution in [3.8, 4) is 0 Å². The number of aromatic nitrogens is 4. The second kappa shape index (κ2) is 5.53. The summed E-state index contributed by atoms with van der Waals surface area (Å²) in [7, 11) is 0. The Morgan fingerprint density at radius 2 is 2.12 bits per heavy atom. The zero-order valence-corrected chi connectivity index (χ0v) is 14.2. The molecule has 4 heterocycles. The SMILES string of the molecule is O=c1ccc(C2CC2)nn1CC1CN(Cc2cn3ccsc3n2)C1. The van der Waals surface area contributed by atoms with Crippen molar-refractivity contribution in [3.05, 3.63) is 51.6 Å². The molecule has 3 aromatic heterocycles. The number of nitrogens with zero attached hydrogens (tertiary/aromatic N) is 5. The van der Waals surface area contributed by atoms with Crippen LogP contribution >= 0.6 is 11.3 Å². The van der Waals surface area contributed by atoms with Gasteiger partial charge in [0.25, 0.3) is 5.56 Å². The molecule has 2 aliphatic rings. The van der Waals surface area contributed by atoms with Gasteiger partial charge >= 0.3 is 0 Å². The van der Waals surface area contributed by atoms with E-state index < -0.39 is 0 Å². The zero-order chi connectivity index (χ0) is 16.1. The van der Waals surface area contributed by atoms with Crippen LogP contribution in [0, 0.1) is 5.92 Å². The molecular weight excluding hydrogens is 322 g/mol. The van der Waals surface area contributed by atoms with Gasteiger partial charge in [0.05, 0.1) is 17.9 Å². The van der Waals surface area contributed by atoms with Crippen molar-refractivity contribution in [2.24, 2.45) is 5.92 Å². The molecule has 0 spiro atoms. The van der Waals surface area contributed by atoms with Crippen LogP contribution in [0.4, 0.5) is 0 Å². The molecule has 24 heavy (non-hydrogen) atoms. The zero-order valence-electron chi connectivity index (χ0n) is 13.3. The Morgan fingerprint density at radius 1 is 1.25 bits per heavy atom. The van der Waals surface area contributed by atoms with Crippen molar-refractivity contribution in [2.75, 3.05) is 13.1 Å². The van der Waals surface area contributed by atoms with Gasteiger partial charge in [0, 0.05) is 55.3 Å². The molecule has 6 nitrogen and oxygen atoms in total. The molecule has 5 rings (SSSR count). The van der Waals surface area contributed by atoms with E-state index in [4.69, 9.17) is 0 Å². The Labute approximate surface area is 143 Å². The maximum atomic E-state index is 12.0. The van der Waals surface area contributed by atoms with Crippen LogP contribution < -0.4 is 5.56 Å². The van der Waals surface area contributed by atoms with E-state index in [0.29, 0.717) is 11.8 Å². The molecule has 1 saturated heterocycles. The molecule has 2 fully saturated rings. The predicted molar refractivity (Wildman–Crippen MR) is 92.3 cm³/mol. The third-order valence-electron chi connectivity index (χ3n) is 4.88.